The molecule has 1 rings (SSSR count). The Balaban J connectivity index is 2.30. The lowest BCUT2D eigenvalue weighted by Gasteiger charge is -2.18. The highest BCUT2D eigenvalue weighted by Crippen LogP contribution is 2.10. The summed E-state index contributed by atoms with van der Waals surface area (Å²) in [5.41, 5.74) is 0. The first-order chi connectivity index (χ1) is 8.15. The number of nitrogens with one attached hydrogen (secondary N) is 2. The second kappa shape index (κ2) is 7.29. The third-order valence-electron chi connectivity index (χ3n) is 2.51. The fourth-order valence-electron chi connectivity index (χ4n) is 1.51. The molecule has 1 aromatic rings. The van der Waals surface area contributed by atoms with Gasteiger partial charge in [0, 0.05) is 17.3 Å². The van der Waals surface area contributed by atoms with Gasteiger partial charge >= 0.3 is 6.03 Å². The Hall–Kier alpha value is -1.07. The van der Waals surface area contributed by atoms with Crippen molar-refractivity contribution in [2.24, 2.45) is 0 Å². The molecule has 0 aliphatic heterocycles. The van der Waals surface area contributed by atoms with Crippen LogP contribution >= 0.6 is 11.3 Å². The van der Waals surface area contributed by atoms with Crippen molar-refractivity contribution in [3.8, 4) is 0 Å². The predicted octanol–water partition coefficient (Wildman–Crippen LogP) is 1.75. The summed E-state index contributed by atoms with van der Waals surface area (Å²) in [6.45, 7) is 3.87. The first-order valence-corrected chi connectivity index (χ1v) is 6.74. The van der Waals surface area contributed by atoms with Gasteiger partial charge in [-0.1, -0.05) is 13.0 Å². The molecule has 2 atom stereocenters. The Bertz CT molecular complexity index is 323. The minimum absolute atomic E-state index is 0.0246. The van der Waals surface area contributed by atoms with Crippen LogP contribution in [-0.2, 0) is 6.42 Å². The number of carbonyl (C=O) groups is 1. The van der Waals surface area contributed by atoms with Crippen molar-refractivity contribution in [2.45, 2.75) is 38.8 Å². The van der Waals surface area contributed by atoms with Gasteiger partial charge in [0.2, 0.25) is 0 Å². The Morgan fingerprint density at radius 3 is 2.82 bits per heavy atom. The van der Waals surface area contributed by atoms with Crippen LogP contribution in [-0.4, -0.2) is 29.8 Å². The van der Waals surface area contributed by atoms with E-state index in [1.165, 1.54) is 4.88 Å². The number of hydrogen-bond acceptors (Lipinski definition) is 3. The van der Waals surface area contributed by atoms with Gasteiger partial charge < -0.3 is 15.7 Å². The number of rotatable bonds is 6. The monoisotopic (exact) mass is 256 g/mol. The average molecular weight is 256 g/mol. The lowest BCUT2D eigenvalue weighted by Crippen LogP contribution is -2.46. The number of thiophene rings is 1. The number of aliphatic hydroxyl groups excluding tert-OH is 1. The van der Waals surface area contributed by atoms with E-state index in [0.29, 0.717) is 0 Å². The Morgan fingerprint density at radius 2 is 2.29 bits per heavy atom. The Kier molecular flexibility index (Phi) is 6.00. The summed E-state index contributed by atoms with van der Waals surface area (Å²) >= 11 is 1.69. The fourth-order valence-corrected chi connectivity index (χ4v) is 2.34. The molecular formula is C12H20N2O2S. The van der Waals surface area contributed by atoms with Gasteiger partial charge in [-0.3, -0.25) is 0 Å². The van der Waals surface area contributed by atoms with Crippen LogP contribution in [0.1, 0.15) is 25.1 Å². The molecular weight excluding hydrogens is 236 g/mol. The van der Waals surface area contributed by atoms with E-state index in [9.17, 15) is 4.79 Å². The van der Waals surface area contributed by atoms with E-state index in [1.807, 2.05) is 25.3 Å². The topological polar surface area (TPSA) is 61.4 Å². The molecule has 4 nitrogen and oxygen atoms in total. The van der Waals surface area contributed by atoms with E-state index in [1.54, 1.807) is 11.3 Å². The van der Waals surface area contributed by atoms with Crippen molar-refractivity contribution in [1.82, 2.24) is 10.6 Å². The smallest absolute Gasteiger partial charge is 0.315 e. The fraction of sp³-hybridized carbons (Fsp3) is 0.583. The highest BCUT2D eigenvalue weighted by Gasteiger charge is 2.11. The second-order valence-electron chi connectivity index (χ2n) is 4.09. The molecule has 2 amide bonds. The number of aliphatic hydroxyl groups is 1. The molecule has 0 aliphatic rings. The summed E-state index contributed by atoms with van der Waals surface area (Å²) in [5.74, 6) is 0. The molecule has 0 bridgehead atoms. The zero-order valence-corrected chi connectivity index (χ0v) is 11.1. The summed E-state index contributed by atoms with van der Waals surface area (Å²) < 4.78 is 0. The van der Waals surface area contributed by atoms with Gasteiger partial charge in [0.05, 0.1) is 12.6 Å². The molecule has 17 heavy (non-hydrogen) atoms. The molecule has 5 heteroatoms. The average Bonchev–Trinajstić information content (AvgIpc) is 2.78. The van der Waals surface area contributed by atoms with E-state index in [2.05, 4.69) is 16.7 Å². The van der Waals surface area contributed by atoms with Crippen LogP contribution in [0.25, 0.3) is 0 Å². The van der Waals surface area contributed by atoms with E-state index in [0.717, 1.165) is 12.8 Å². The predicted molar refractivity (Wildman–Crippen MR) is 70.3 cm³/mol. The van der Waals surface area contributed by atoms with E-state index < -0.39 is 0 Å². The maximum absolute atomic E-state index is 11.6. The van der Waals surface area contributed by atoms with Crippen molar-refractivity contribution in [2.75, 3.05) is 6.61 Å². The van der Waals surface area contributed by atoms with Crippen LogP contribution in [0.2, 0.25) is 0 Å². The van der Waals surface area contributed by atoms with Crippen LogP contribution in [0.15, 0.2) is 17.5 Å². The van der Waals surface area contributed by atoms with Gasteiger partial charge in [0.1, 0.15) is 0 Å². The largest absolute Gasteiger partial charge is 0.394 e. The van der Waals surface area contributed by atoms with Gasteiger partial charge in [-0.2, -0.15) is 0 Å². The van der Waals surface area contributed by atoms with Crippen molar-refractivity contribution in [1.29, 1.82) is 0 Å². The maximum atomic E-state index is 11.6. The third kappa shape index (κ3) is 5.19. The molecule has 96 valence electrons. The van der Waals surface area contributed by atoms with Gasteiger partial charge in [-0.15, -0.1) is 11.3 Å². The molecule has 0 saturated carbocycles. The summed E-state index contributed by atoms with van der Waals surface area (Å²) in [5, 5.41) is 16.6. The molecule has 1 heterocycles. The molecule has 2 unspecified atom stereocenters. The summed E-state index contributed by atoms with van der Waals surface area (Å²) in [6, 6.07) is 3.78. The zero-order valence-electron chi connectivity index (χ0n) is 10.3. The molecule has 0 aliphatic carbocycles. The second-order valence-corrected chi connectivity index (χ2v) is 5.12. The number of hydrogen-bond donors (Lipinski definition) is 3. The standard InChI is InChI=1S/C12H20N2O2S/c1-3-10(8-15)14-12(16)13-9(2)7-11-5-4-6-17-11/h4-6,9-10,15H,3,7-8H2,1-2H3,(H2,13,14,16). The van der Waals surface area contributed by atoms with Crippen molar-refractivity contribution in [3.05, 3.63) is 22.4 Å². The lowest BCUT2D eigenvalue weighted by atomic mass is 10.2. The maximum Gasteiger partial charge on any atom is 0.315 e. The molecule has 0 saturated heterocycles. The van der Waals surface area contributed by atoms with Crippen LogP contribution in [0.4, 0.5) is 4.79 Å². The minimum atomic E-state index is -0.213. The van der Waals surface area contributed by atoms with Gasteiger partial charge in [-0.05, 0) is 24.8 Å². The summed E-state index contributed by atoms with van der Waals surface area (Å²) in [4.78, 5) is 12.8. The molecule has 1 aromatic heterocycles. The summed E-state index contributed by atoms with van der Waals surface area (Å²) in [7, 11) is 0. The van der Waals surface area contributed by atoms with E-state index >= 15 is 0 Å². The number of amides is 2. The molecule has 0 spiro atoms. The van der Waals surface area contributed by atoms with Crippen LogP contribution in [0.3, 0.4) is 0 Å². The molecule has 3 N–H and O–H groups in total. The highest BCUT2D eigenvalue weighted by molar-refractivity contribution is 7.09. The van der Waals surface area contributed by atoms with Crippen molar-refractivity contribution >= 4 is 17.4 Å². The van der Waals surface area contributed by atoms with Crippen LogP contribution in [0.5, 0.6) is 0 Å². The first kappa shape index (κ1) is 14.0. The zero-order chi connectivity index (χ0) is 12.7. The van der Waals surface area contributed by atoms with Gasteiger partial charge in [0.25, 0.3) is 0 Å². The third-order valence-corrected chi connectivity index (χ3v) is 3.41. The first-order valence-electron chi connectivity index (χ1n) is 5.86. The van der Waals surface area contributed by atoms with Crippen LogP contribution in [0, 0.1) is 0 Å². The minimum Gasteiger partial charge on any atom is -0.394 e. The SMILES string of the molecule is CCC(CO)NC(=O)NC(C)Cc1cccs1. The molecule has 0 aromatic carbocycles. The van der Waals surface area contributed by atoms with Crippen molar-refractivity contribution < 1.29 is 9.90 Å². The lowest BCUT2D eigenvalue weighted by molar-refractivity contribution is 0.212. The molecule has 0 fully saturated rings. The van der Waals surface area contributed by atoms with Crippen molar-refractivity contribution in [3.63, 3.8) is 0 Å². The Labute approximate surface area is 106 Å². The Morgan fingerprint density at radius 1 is 1.53 bits per heavy atom. The number of urea groups is 1. The highest BCUT2D eigenvalue weighted by atomic mass is 32.1. The summed E-state index contributed by atoms with van der Waals surface area (Å²) in [6.07, 6.45) is 1.56. The van der Waals surface area contributed by atoms with E-state index in [-0.39, 0.29) is 24.7 Å². The van der Waals surface area contributed by atoms with Gasteiger partial charge in [-0.25, -0.2) is 4.79 Å². The molecule has 0 radical (unpaired) electrons. The quantitative estimate of drug-likeness (QED) is 0.726. The van der Waals surface area contributed by atoms with E-state index in [4.69, 9.17) is 5.11 Å². The normalized spacial score (nSPS) is 14.1. The number of carbonyl (C=O) groups excluding carboxylic acids is 1. The van der Waals surface area contributed by atoms with Gasteiger partial charge in [0.15, 0.2) is 0 Å². The van der Waals surface area contributed by atoms with Crippen LogP contribution < -0.4 is 10.6 Å².